The lowest BCUT2D eigenvalue weighted by molar-refractivity contribution is 0.100. The smallest absolute Gasteiger partial charge is 0.253 e. The Balaban J connectivity index is 2.95. The van der Waals surface area contributed by atoms with E-state index in [9.17, 15) is 10.0 Å². The number of nitrogen functional groups attached to an aromatic ring is 1. The highest BCUT2D eigenvalue weighted by Crippen LogP contribution is 2.25. The lowest BCUT2D eigenvalue weighted by atomic mass is 10.1. The summed E-state index contributed by atoms with van der Waals surface area (Å²) in [6.45, 7) is 0. The zero-order valence-electron chi connectivity index (χ0n) is 7.27. The van der Waals surface area contributed by atoms with Gasteiger partial charge in [0.2, 0.25) is 0 Å². The summed E-state index contributed by atoms with van der Waals surface area (Å²) in [6, 6.07) is 6.81. The molecule has 0 radical (unpaired) electrons. The Hall–Kier alpha value is -2.17. The molecule has 72 valence electrons. The van der Waals surface area contributed by atoms with Gasteiger partial charge in [0.05, 0.1) is 11.1 Å². The van der Waals surface area contributed by atoms with Gasteiger partial charge < -0.3 is 16.7 Å². The molecule has 0 aliphatic heterocycles. The van der Waals surface area contributed by atoms with Gasteiger partial charge in [-0.2, -0.15) is 4.73 Å². The first-order chi connectivity index (χ1) is 6.63. The maximum Gasteiger partial charge on any atom is 0.253 e. The molecule has 2 rings (SSSR count). The number of primary amides is 1. The van der Waals surface area contributed by atoms with Crippen LogP contribution in [0.1, 0.15) is 10.4 Å². The summed E-state index contributed by atoms with van der Waals surface area (Å²) in [5.41, 5.74) is 11.3. The molecule has 1 aromatic carbocycles. The molecule has 0 aliphatic carbocycles. The molecule has 5 N–H and O–H groups in total. The van der Waals surface area contributed by atoms with E-state index in [4.69, 9.17) is 11.5 Å². The normalized spacial score (nSPS) is 10.6. The first-order valence-corrected chi connectivity index (χ1v) is 4.01. The minimum absolute atomic E-state index is 0.0290. The molecule has 1 aromatic heterocycles. The molecular formula is C9H9N3O2. The molecule has 0 atom stereocenters. The summed E-state index contributed by atoms with van der Waals surface area (Å²) in [4.78, 5) is 11.1. The summed E-state index contributed by atoms with van der Waals surface area (Å²) >= 11 is 0. The molecule has 0 aliphatic rings. The van der Waals surface area contributed by atoms with Gasteiger partial charge in [0.25, 0.3) is 5.91 Å². The molecule has 0 unspecified atom stereocenters. The van der Waals surface area contributed by atoms with Crippen molar-refractivity contribution in [3.8, 4) is 0 Å². The molecule has 2 aromatic rings. The predicted molar refractivity (Wildman–Crippen MR) is 52.1 cm³/mol. The van der Waals surface area contributed by atoms with Crippen molar-refractivity contribution in [3.05, 3.63) is 29.8 Å². The van der Waals surface area contributed by atoms with E-state index in [1.165, 1.54) is 0 Å². The number of aromatic nitrogens is 1. The number of rotatable bonds is 1. The number of anilines is 1. The van der Waals surface area contributed by atoms with E-state index in [-0.39, 0.29) is 11.4 Å². The number of carbonyl (C=O) groups is 1. The van der Waals surface area contributed by atoms with E-state index < -0.39 is 5.91 Å². The van der Waals surface area contributed by atoms with Crippen LogP contribution in [0.15, 0.2) is 24.3 Å². The number of nitrogens with zero attached hydrogens (tertiary/aromatic N) is 1. The Labute approximate surface area is 79.5 Å². The van der Waals surface area contributed by atoms with Gasteiger partial charge in [0, 0.05) is 5.39 Å². The topological polar surface area (TPSA) is 94.3 Å². The van der Waals surface area contributed by atoms with Gasteiger partial charge in [-0.05, 0) is 6.07 Å². The van der Waals surface area contributed by atoms with Crippen molar-refractivity contribution in [3.63, 3.8) is 0 Å². The lowest BCUT2D eigenvalue weighted by Crippen LogP contribution is -2.13. The van der Waals surface area contributed by atoms with Crippen molar-refractivity contribution < 1.29 is 10.0 Å². The van der Waals surface area contributed by atoms with E-state index in [0.717, 1.165) is 4.73 Å². The maximum atomic E-state index is 11.1. The van der Waals surface area contributed by atoms with Crippen LogP contribution < -0.4 is 11.5 Å². The van der Waals surface area contributed by atoms with Crippen LogP contribution in [0.3, 0.4) is 0 Å². The van der Waals surface area contributed by atoms with E-state index in [0.29, 0.717) is 10.9 Å². The zero-order valence-corrected chi connectivity index (χ0v) is 7.27. The van der Waals surface area contributed by atoms with Crippen LogP contribution in [0, 0.1) is 0 Å². The summed E-state index contributed by atoms with van der Waals surface area (Å²) < 4.78 is 0.759. The fourth-order valence-corrected chi connectivity index (χ4v) is 1.50. The Bertz CT molecular complexity index is 516. The molecule has 0 spiro atoms. The van der Waals surface area contributed by atoms with Crippen LogP contribution in [0.5, 0.6) is 0 Å². The average molecular weight is 191 g/mol. The highest BCUT2D eigenvalue weighted by molar-refractivity contribution is 6.10. The van der Waals surface area contributed by atoms with E-state index >= 15 is 0 Å². The zero-order chi connectivity index (χ0) is 10.3. The van der Waals surface area contributed by atoms with Crippen LogP contribution >= 0.6 is 0 Å². The highest BCUT2D eigenvalue weighted by Gasteiger charge is 2.17. The van der Waals surface area contributed by atoms with Crippen LogP contribution in [0.25, 0.3) is 10.9 Å². The fourth-order valence-electron chi connectivity index (χ4n) is 1.50. The first kappa shape index (κ1) is 8.43. The minimum Gasteiger partial charge on any atom is -0.426 e. The van der Waals surface area contributed by atoms with Crippen molar-refractivity contribution in [1.29, 1.82) is 0 Å². The van der Waals surface area contributed by atoms with Crippen molar-refractivity contribution >= 4 is 22.6 Å². The largest absolute Gasteiger partial charge is 0.426 e. The van der Waals surface area contributed by atoms with Crippen LogP contribution in [0.4, 0.5) is 5.82 Å². The number of amides is 1. The third-order valence-electron chi connectivity index (χ3n) is 2.13. The van der Waals surface area contributed by atoms with Gasteiger partial charge >= 0.3 is 0 Å². The average Bonchev–Trinajstić information content (AvgIpc) is 2.41. The standard InChI is InChI=1S/C9H9N3O2/c10-8-7(9(11)13)5-3-1-2-4-6(5)12(8)14/h1-4,14H,10H2,(H2,11,13). The molecule has 14 heavy (non-hydrogen) atoms. The van der Waals surface area contributed by atoms with Gasteiger partial charge in [-0.1, -0.05) is 18.2 Å². The van der Waals surface area contributed by atoms with Crippen LogP contribution in [0.2, 0.25) is 0 Å². The third-order valence-corrected chi connectivity index (χ3v) is 2.13. The number of fused-ring (bicyclic) bond motifs is 1. The first-order valence-electron chi connectivity index (χ1n) is 4.01. The molecule has 0 saturated heterocycles. The van der Waals surface area contributed by atoms with E-state index in [1.807, 2.05) is 0 Å². The molecule has 1 amide bonds. The molecule has 0 bridgehead atoms. The van der Waals surface area contributed by atoms with Gasteiger partial charge in [0.15, 0.2) is 5.82 Å². The SMILES string of the molecule is NC(=O)c1c(N)n(O)c2ccccc12. The summed E-state index contributed by atoms with van der Waals surface area (Å²) in [6.07, 6.45) is 0. The molecule has 5 nitrogen and oxygen atoms in total. The van der Waals surface area contributed by atoms with Crippen molar-refractivity contribution in [2.75, 3.05) is 5.73 Å². The highest BCUT2D eigenvalue weighted by atomic mass is 16.5. The number of hydrogen-bond donors (Lipinski definition) is 3. The summed E-state index contributed by atoms with van der Waals surface area (Å²) in [7, 11) is 0. The quantitative estimate of drug-likeness (QED) is 0.575. The molecule has 0 saturated carbocycles. The Morgan fingerprint density at radius 1 is 1.36 bits per heavy atom. The molecule has 5 heteroatoms. The van der Waals surface area contributed by atoms with Crippen molar-refractivity contribution in [1.82, 2.24) is 4.73 Å². The van der Waals surface area contributed by atoms with Gasteiger partial charge in [-0.3, -0.25) is 4.79 Å². The number of benzene rings is 1. The molecular weight excluding hydrogens is 182 g/mol. The van der Waals surface area contributed by atoms with E-state index in [1.54, 1.807) is 24.3 Å². The number of nitrogens with two attached hydrogens (primary N) is 2. The second-order valence-corrected chi connectivity index (χ2v) is 2.95. The van der Waals surface area contributed by atoms with Gasteiger partial charge in [0.1, 0.15) is 0 Å². The summed E-state index contributed by atoms with van der Waals surface area (Å²) in [5.74, 6) is -0.676. The number of hydrogen-bond acceptors (Lipinski definition) is 3. The summed E-state index contributed by atoms with van der Waals surface area (Å²) in [5, 5.41) is 10.1. The Morgan fingerprint density at radius 3 is 2.64 bits per heavy atom. The van der Waals surface area contributed by atoms with Crippen molar-refractivity contribution in [2.45, 2.75) is 0 Å². The fraction of sp³-hybridized carbons (Fsp3) is 0. The van der Waals surface area contributed by atoms with Gasteiger partial charge in [-0.15, -0.1) is 0 Å². The maximum absolute atomic E-state index is 11.1. The Morgan fingerprint density at radius 2 is 2.00 bits per heavy atom. The van der Waals surface area contributed by atoms with Crippen molar-refractivity contribution in [2.24, 2.45) is 5.73 Å². The number of para-hydroxylation sites is 1. The lowest BCUT2D eigenvalue weighted by Gasteiger charge is -1.95. The number of carbonyl (C=O) groups excluding carboxylic acids is 1. The Kier molecular flexibility index (Phi) is 1.60. The predicted octanol–water partition coefficient (Wildman–Crippen LogP) is 0.560. The monoisotopic (exact) mass is 191 g/mol. The second-order valence-electron chi connectivity index (χ2n) is 2.95. The third kappa shape index (κ3) is 0.922. The van der Waals surface area contributed by atoms with Crippen LogP contribution in [-0.4, -0.2) is 15.8 Å². The van der Waals surface area contributed by atoms with Gasteiger partial charge in [-0.25, -0.2) is 0 Å². The minimum atomic E-state index is -0.647. The molecule has 1 heterocycles. The van der Waals surface area contributed by atoms with E-state index in [2.05, 4.69) is 0 Å². The molecule has 0 fully saturated rings. The van der Waals surface area contributed by atoms with Crippen LogP contribution in [-0.2, 0) is 0 Å². The second kappa shape index (κ2) is 2.66.